The molecule has 49 heavy (non-hydrogen) atoms. The third-order valence-electron chi connectivity index (χ3n) is 7.32. The van der Waals surface area contributed by atoms with E-state index < -0.39 is 76.2 Å². The van der Waals surface area contributed by atoms with Crippen molar-refractivity contribution in [2.45, 2.75) is 63.0 Å². The quantitative estimate of drug-likeness (QED) is 0.205. The Balaban J connectivity index is 1.52. The number of amides is 2. The molecule has 1 aliphatic heterocycles. The van der Waals surface area contributed by atoms with Crippen molar-refractivity contribution in [3.05, 3.63) is 65.5 Å². The Kier molecular flexibility index (Phi) is 11.5. The van der Waals surface area contributed by atoms with Crippen molar-refractivity contribution in [2.75, 3.05) is 26.2 Å². The molecule has 2 heterocycles. The van der Waals surface area contributed by atoms with Gasteiger partial charge in [-0.05, 0) is 42.0 Å². The van der Waals surface area contributed by atoms with Crippen LogP contribution in [0.1, 0.15) is 37.2 Å². The van der Waals surface area contributed by atoms with Crippen molar-refractivity contribution < 1.29 is 54.2 Å². The highest BCUT2D eigenvalue weighted by atomic mass is 32.2. The number of hydrogen-bond acceptors (Lipinski definition) is 10. The Morgan fingerprint density at radius 1 is 0.980 bits per heavy atom. The monoisotopic (exact) mass is 717 g/mol. The van der Waals surface area contributed by atoms with Gasteiger partial charge in [0.2, 0.25) is 21.8 Å². The fraction of sp³-hybridized carbons (Fsp3) is 0.448. The number of piperazine rings is 1. The molecule has 1 unspecified atom stereocenters. The molecule has 1 fully saturated rings. The average molecular weight is 718 g/mol. The second-order valence-corrected chi connectivity index (χ2v) is 12.6. The molecule has 1 N–H and O–H groups in total. The molecule has 3 aromatic rings. The van der Waals surface area contributed by atoms with Gasteiger partial charge in [0.05, 0.1) is 17.9 Å². The van der Waals surface area contributed by atoms with E-state index >= 15 is 0 Å². The zero-order valence-electron chi connectivity index (χ0n) is 26.2. The molecule has 0 bridgehead atoms. The van der Waals surface area contributed by atoms with E-state index in [1.807, 2.05) is 0 Å². The van der Waals surface area contributed by atoms with Crippen LogP contribution in [0.2, 0.25) is 0 Å². The highest BCUT2D eigenvalue weighted by Crippen LogP contribution is 2.31. The fourth-order valence-corrected chi connectivity index (χ4v) is 6.37. The van der Waals surface area contributed by atoms with Gasteiger partial charge in [0, 0.05) is 38.2 Å². The van der Waals surface area contributed by atoms with E-state index in [1.165, 1.54) is 36.1 Å². The van der Waals surface area contributed by atoms with Crippen LogP contribution in [-0.2, 0) is 54.6 Å². The van der Waals surface area contributed by atoms with Crippen LogP contribution in [0.25, 0.3) is 0 Å². The molecule has 266 valence electrons. The molecular formula is C29H32F5N7O7S. The molecule has 20 heteroatoms. The van der Waals surface area contributed by atoms with E-state index in [0.29, 0.717) is 5.56 Å². The molecule has 1 atom stereocenters. The molecule has 1 aromatic heterocycles. The summed E-state index contributed by atoms with van der Waals surface area (Å²) in [5.74, 6) is -5.81. The number of carbonyl (C=O) groups excluding carboxylic acids is 3. The number of rotatable bonds is 13. The second-order valence-electron chi connectivity index (χ2n) is 10.7. The van der Waals surface area contributed by atoms with Crippen molar-refractivity contribution in [1.82, 2.24) is 34.7 Å². The minimum absolute atomic E-state index is 0.0522. The summed E-state index contributed by atoms with van der Waals surface area (Å²) < 4.78 is 103. The second kappa shape index (κ2) is 15.2. The zero-order valence-corrected chi connectivity index (χ0v) is 27.0. The summed E-state index contributed by atoms with van der Waals surface area (Å²) in [4.78, 5) is 40.1. The van der Waals surface area contributed by atoms with Crippen LogP contribution in [0, 0.1) is 0 Å². The van der Waals surface area contributed by atoms with Crippen molar-refractivity contribution in [3.63, 3.8) is 0 Å². The summed E-state index contributed by atoms with van der Waals surface area (Å²) in [6.07, 6.45) is -5.82. The Hall–Kier alpha value is -4.72. The molecule has 2 aromatic carbocycles. The van der Waals surface area contributed by atoms with Gasteiger partial charge in [0.25, 0.3) is 5.92 Å². The van der Waals surface area contributed by atoms with Gasteiger partial charge in [0.15, 0.2) is 12.4 Å². The van der Waals surface area contributed by atoms with E-state index in [9.17, 15) is 44.8 Å². The number of halogens is 5. The number of tetrazole rings is 1. The highest BCUT2D eigenvalue weighted by Gasteiger charge is 2.42. The first-order valence-corrected chi connectivity index (χ1v) is 16.3. The van der Waals surface area contributed by atoms with Gasteiger partial charge in [-0.15, -0.1) is 23.4 Å². The molecule has 1 aliphatic rings. The maximum Gasteiger partial charge on any atom is 0.573 e. The minimum Gasteiger partial charge on any atom is -0.465 e. The van der Waals surface area contributed by atoms with Gasteiger partial charge in [-0.25, -0.2) is 22.0 Å². The maximum atomic E-state index is 14.0. The Bertz CT molecular complexity index is 1740. The predicted molar refractivity (Wildman–Crippen MR) is 158 cm³/mol. The lowest BCUT2D eigenvalue weighted by atomic mass is 10.0. The maximum absolute atomic E-state index is 14.0. The number of carbonyl (C=O) groups is 3. The lowest BCUT2D eigenvalue weighted by molar-refractivity contribution is -0.274. The Morgan fingerprint density at radius 3 is 2.27 bits per heavy atom. The summed E-state index contributed by atoms with van der Waals surface area (Å²) in [5, 5.41) is 14.0. The molecule has 0 aliphatic carbocycles. The van der Waals surface area contributed by atoms with Crippen LogP contribution >= 0.6 is 0 Å². The van der Waals surface area contributed by atoms with Gasteiger partial charge < -0.3 is 19.7 Å². The lowest BCUT2D eigenvalue weighted by Crippen LogP contribution is -2.61. The number of esters is 1. The van der Waals surface area contributed by atoms with Crippen LogP contribution in [0.3, 0.4) is 0 Å². The van der Waals surface area contributed by atoms with E-state index in [0.717, 1.165) is 33.4 Å². The van der Waals surface area contributed by atoms with Gasteiger partial charge in [-0.3, -0.25) is 9.59 Å². The summed E-state index contributed by atoms with van der Waals surface area (Å²) in [6.45, 7) is 1.58. The average Bonchev–Trinajstić information content (AvgIpc) is 3.49. The predicted octanol–water partition coefficient (Wildman–Crippen LogP) is 2.40. The first kappa shape index (κ1) is 37.1. The molecular weight excluding hydrogens is 685 g/mol. The van der Waals surface area contributed by atoms with Crippen LogP contribution in [0.5, 0.6) is 5.75 Å². The van der Waals surface area contributed by atoms with E-state index in [2.05, 4.69) is 25.5 Å². The third kappa shape index (κ3) is 9.68. The molecule has 2 amide bonds. The van der Waals surface area contributed by atoms with Crippen LogP contribution in [0.15, 0.2) is 53.4 Å². The number of ether oxygens (including phenoxy) is 2. The molecule has 0 radical (unpaired) electrons. The summed E-state index contributed by atoms with van der Waals surface area (Å²) in [5.41, 5.74) is 0.213. The number of nitrogens with zero attached hydrogens (tertiary/aromatic N) is 6. The van der Waals surface area contributed by atoms with E-state index in [1.54, 1.807) is 6.92 Å². The van der Waals surface area contributed by atoms with Crippen molar-refractivity contribution >= 4 is 27.8 Å². The standard InChI is InChI=1S/C29H32F5N7O7S/c1-3-28(30,31)20-7-5-19(6-8-20)16-35-27(44)23-17-39(25(42)15-24-36-38-41(37-24)18-26(43)47-4-2)13-14-40(23)49(45,46)22-11-9-21(10-12-22)48-29(32,33)34/h5-12,23H,3-4,13-18H2,1-2H3,(H,35,44). The fourth-order valence-electron chi connectivity index (χ4n) is 4.80. The van der Waals surface area contributed by atoms with Crippen molar-refractivity contribution in [1.29, 1.82) is 0 Å². The zero-order chi connectivity index (χ0) is 36.0. The Labute approximate surface area is 277 Å². The molecule has 0 spiro atoms. The number of benzene rings is 2. The number of alkyl halides is 5. The Morgan fingerprint density at radius 2 is 1.65 bits per heavy atom. The SMILES string of the molecule is CCOC(=O)Cn1nnc(CC(=O)N2CCN(S(=O)(=O)c3ccc(OC(F)(F)F)cc3)C(C(=O)NCc3ccc(C(F)(F)CC)cc3)C2)n1. The van der Waals surface area contributed by atoms with Crippen LogP contribution < -0.4 is 10.1 Å². The van der Waals surface area contributed by atoms with Gasteiger partial charge in [-0.2, -0.15) is 9.10 Å². The number of hydrogen-bond donors (Lipinski definition) is 1. The summed E-state index contributed by atoms with van der Waals surface area (Å²) in [7, 11) is -4.51. The topological polar surface area (TPSA) is 166 Å². The third-order valence-corrected chi connectivity index (χ3v) is 9.24. The number of sulfonamides is 1. The lowest BCUT2D eigenvalue weighted by Gasteiger charge is -2.39. The molecule has 14 nitrogen and oxygen atoms in total. The van der Waals surface area contributed by atoms with Crippen LogP contribution in [0.4, 0.5) is 22.0 Å². The van der Waals surface area contributed by atoms with E-state index in [4.69, 9.17) is 4.74 Å². The van der Waals surface area contributed by atoms with Gasteiger partial charge in [-0.1, -0.05) is 31.2 Å². The largest absolute Gasteiger partial charge is 0.573 e. The summed E-state index contributed by atoms with van der Waals surface area (Å²) >= 11 is 0. The summed E-state index contributed by atoms with van der Waals surface area (Å²) in [6, 6.07) is 7.09. The number of aromatic nitrogens is 4. The van der Waals surface area contributed by atoms with E-state index in [-0.39, 0.29) is 44.2 Å². The van der Waals surface area contributed by atoms with Crippen molar-refractivity contribution in [2.24, 2.45) is 0 Å². The first-order valence-electron chi connectivity index (χ1n) is 14.8. The van der Waals surface area contributed by atoms with Crippen LogP contribution in [-0.4, -0.2) is 94.3 Å². The molecule has 4 rings (SSSR count). The first-order chi connectivity index (χ1) is 23.0. The van der Waals surface area contributed by atoms with Gasteiger partial charge in [0.1, 0.15) is 11.8 Å². The smallest absolute Gasteiger partial charge is 0.465 e. The van der Waals surface area contributed by atoms with Gasteiger partial charge >= 0.3 is 12.3 Å². The molecule has 0 saturated carbocycles. The molecule has 1 saturated heterocycles. The normalized spacial score (nSPS) is 15.9. The number of nitrogens with one attached hydrogen (secondary N) is 1. The van der Waals surface area contributed by atoms with Crippen molar-refractivity contribution in [3.8, 4) is 5.75 Å². The minimum atomic E-state index is -5.01. The highest BCUT2D eigenvalue weighted by molar-refractivity contribution is 7.89.